The molecule has 2 aromatic rings. The molecule has 6 heteroatoms. The third-order valence-corrected chi connectivity index (χ3v) is 4.94. The lowest BCUT2D eigenvalue weighted by molar-refractivity contribution is 0.143. The Morgan fingerprint density at radius 2 is 1.68 bits per heavy atom. The lowest BCUT2D eigenvalue weighted by Crippen LogP contribution is -2.23. The van der Waals surface area contributed by atoms with E-state index in [0.717, 1.165) is 6.26 Å². The number of halogens is 1. The van der Waals surface area contributed by atoms with E-state index in [1.165, 1.54) is 30.3 Å². The van der Waals surface area contributed by atoms with Crippen LogP contribution in [0.5, 0.6) is 0 Å². The van der Waals surface area contributed by atoms with Crippen LogP contribution >= 0.6 is 0 Å². The number of hydrogen-bond acceptors (Lipinski definition) is 4. The van der Waals surface area contributed by atoms with Crippen LogP contribution in [0.25, 0.3) is 11.1 Å². The number of aliphatic hydroxyl groups is 2. The van der Waals surface area contributed by atoms with E-state index in [2.05, 4.69) is 0 Å². The Labute approximate surface area is 147 Å². The van der Waals surface area contributed by atoms with Crippen LogP contribution in [0.15, 0.2) is 53.4 Å². The lowest BCUT2D eigenvalue weighted by Gasteiger charge is -2.26. The van der Waals surface area contributed by atoms with Gasteiger partial charge in [-0.3, -0.25) is 0 Å². The van der Waals surface area contributed by atoms with Crippen molar-refractivity contribution >= 4 is 21.0 Å². The first kappa shape index (κ1) is 19.3. The molecule has 0 aliphatic carbocycles. The summed E-state index contributed by atoms with van der Waals surface area (Å²) in [6, 6.07) is 11.8. The molecule has 0 bridgehead atoms. The summed E-state index contributed by atoms with van der Waals surface area (Å²) in [5.74, 6) is -0.453. The molecule has 0 amide bonds. The first-order valence-electron chi connectivity index (χ1n) is 7.67. The smallest absolute Gasteiger partial charge is 0.175 e. The zero-order valence-electron chi connectivity index (χ0n) is 14.3. The standard InChI is InChI=1S/C19H21FO4S/c1-19(2,22)18(13-7-9-16(10-8-13)25(3,23)24)17(12-21)14-5-4-6-15(20)11-14/h4-11,21-22H,12H2,1-3H3. The predicted molar refractivity (Wildman–Crippen MR) is 96.1 cm³/mol. The van der Waals surface area contributed by atoms with Crippen molar-refractivity contribution in [2.75, 3.05) is 12.9 Å². The average molecular weight is 364 g/mol. The third-order valence-electron chi connectivity index (χ3n) is 3.82. The molecule has 0 unspecified atom stereocenters. The summed E-state index contributed by atoms with van der Waals surface area (Å²) < 4.78 is 36.8. The minimum atomic E-state index is -3.34. The largest absolute Gasteiger partial charge is 0.392 e. The molecule has 0 saturated carbocycles. The molecule has 2 rings (SSSR count). The van der Waals surface area contributed by atoms with Gasteiger partial charge in [-0.2, -0.15) is 0 Å². The van der Waals surface area contributed by atoms with E-state index in [1.807, 2.05) is 0 Å². The molecule has 0 spiro atoms. The highest BCUT2D eigenvalue weighted by atomic mass is 32.2. The zero-order valence-corrected chi connectivity index (χ0v) is 15.1. The second-order valence-corrected chi connectivity index (χ2v) is 8.39. The van der Waals surface area contributed by atoms with Crippen molar-refractivity contribution in [3.05, 3.63) is 65.5 Å². The Morgan fingerprint density at radius 1 is 1.08 bits per heavy atom. The van der Waals surface area contributed by atoms with E-state index in [1.54, 1.807) is 32.0 Å². The van der Waals surface area contributed by atoms with Gasteiger partial charge in [0.2, 0.25) is 0 Å². The van der Waals surface area contributed by atoms with E-state index in [0.29, 0.717) is 22.3 Å². The lowest BCUT2D eigenvalue weighted by atomic mass is 9.85. The van der Waals surface area contributed by atoms with Crippen molar-refractivity contribution in [1.82, 2.24) is 0 Å². The third kappa shape index (κ3) is 4.54. The maximum absolute atomic E-state index is 13.6. The molecule has 0 aromatic heterocycles. The van der Waals surface area contributed by atoms with Crippen LogP contribution in [0.4, 0.5) is 4.39 Å². The van der Waals surface area contributed by atoms with Crippen molar-refractivity contribution < 1.29 is 23.0 Å². The maximum atomic E-state index is 13.6. The molecule has 2 aromatic carbocycles. The first-order chi connectivity index (χ1) is 11.5. The van der Waals surface area contributed by atoms with Gasteiger partial charge in [-0.25, -0.2) is 12.8 Å². The van der Waals surface area contributed by atoms with E-state index in [-0.39, 0.29) is 4.90 Å². The van der Waals surface area contributed by atoms with Gasteiger partial charge >= 0.3 is 0 Å². The highest BCUT2D eigenvalue weighted by molar-refractivity contribution is 7.90. The zero-order chi connectivity index (χ0) is 18.8. The Bertz CT molecular complexity index is 892. The van der Waals surface area contributed by atoms with Gasteiger partial charge in [-0.1, -0.05) is 24.3 Å². The van der Waals surface area contributed by atoms with E-state index in [9.17, 15) is 23.0 Å². The summed E-state index contributed by atoms with van der Waals surface area (Å²) in [6.07, 6.45) is 1.11. The number of aliphatic hydroxyl groups excluding tert-OH is 1. The van der Waals surface area contributed by atoms with Crippen molar-refractivity contribution in [3.8, 4) is 0 Å². The summed E-state index contributed by atoms with van der Waals surface area (Å²) >= 11 is 0. The van der Waals surface area contributed by atoms with Crippen molar-refractivity contribution in [3.63, 3.8) is 0 Å². The van der Waals surface area contributed by atoms with Gasteiger partial charge in [-0.05, 0) is 60.4 Å². The molecule has 0 saturated heterocycles. The summed E-state index contributed by atoms with van der Waals surface area (Å²) in [4.78, 5) is 0.155. The number of hydrogen-bond donors (Lipinski definition) is 2. The van der Waals surface area contributed by atoms with Crippen molar-refractivity contribution in [2.24, 2.45) is 0 Å². The highest BCUT2D eigenvalue weighted by Gasteiger charge is 2.26. The minimum absolute atomic E-state index is 0.155. The molecular formula is C19H21FO4S. The molecule has 0 radical (unpaired) electrons. The van der Waals surface area contributed by atoms with Crippen LogP contribution < -0.4 is 0 Å². The molecule has 2 N–H and O–H groups in total. The molecule has 0 heterocycles. The van der Waals surface area contributed by atoms with Crippen LogP contribution in [0.2, 0.25) is 0 Å². The molecular weight excluding hydrogens is 343 g/mol. The van der Waals surface area contributed by atoms with Crippen LogP contribution in [0.3, 0.4) is 0 Å². The van der Waals surface area contributed by atoms with E-state index >= 15 is 0 Å². The van der Waals surface area contributed by atoms with E-state index < -0.39 is 27.9 Å². The fraction of sp³-hybridized carbons (Fsp3) is 0.263. The van der Waals surface area contributed by atoms with Crippen LogP contribution in [-0.4, -0.2) is 37.1 Å². The maximum Gasteiger partial charge on any atom is 0.175 e. The summed E-state index contributed by atoms with van der Waals surface area (Å²) in [5, 5.41) is 20.5. The van der Waals surface area contributed by atoms with E-state index in [4.69, 9.17) is 0 Å². The normalized spacial score (nSPS) is 13.5. The van der Waals surface area contributed by atoms with Gasteiger partial charge in [0.15, 0.2) is 9.84 Å². The summed E-state index contributed by atoms with van der Waals surface area (Å²) in [6.45, 7) is 2.71. The number of benzene rings is 2. The predicted octanol–water partition coefficient (Wildman–Crippen LogP) is 2.90. The van der Waals surface area contributed by atoms with Crippen molar-refractivity contribution in [1.29, 1.82) is 0 Å². The Morgan fingerprint density at radius 3 is 2.12 bits per heavy atom. The van der Waals surface area contributed by atoms with Gasteiger partial charge < -0.3 is 10.2 Å². The fourth-order valence-electron chi connectivity index (χ4n) is 2.76. The van der Waals surface area contributed by atoms with Crippen LogP contribution in [0, 0.1) is 5.82 Å². The summed E-state index contributed by atoms with van der Waals surface area (Å²) in [7, 11) is -3.34. The fourth-order valence-corrected chi connectivity index (χ4v) is 3.39. The molecule has 134 valence electrons. The topological polar surface area (TPSA) is 74.6 Å². The monoisotopic (exact) mass is 364 g/mol. The van der Waals surface area contributed by atoms with Gasteiger partial charge in [0, 0.05) is 6.26 Å². The summed E-state index contributed by atoms with van der Waals surface area (Å²) in [5.41, 5.74) is 0.441. The molecule has 0 aliphatic rings. The number of rotatable bonds is 5. The van der Waals surface area contributed by atoms with Gasteiger partial charge in [0.25, 0.3) is 0 Å². The number of sulfone groups is 1. The molecule has 0 fully saturated rings. The second-order valence-electron chi connectivity index (χ2n) is 6.38. The first-order valence-corrected chi connectivity index (χ1v) is 9.56. The molecule has 0 aliphatic heterocycles. The molecule has 0 atom stereocenters. The minimum Gasteiger partial charge on any atom is -0.392 e. The van der Waals surface area contributed by atoms with Gasteiger partial charge in [-0.15, -0.1) is 0 Å². The second kappa shape index (κ2) is 7.07. The SMILES string of the molecule is CC(C)(O)C(=C(CO)c1cccc(F)c1)c1ccc(S(C)(=O)=O)cc1. The Balaban J connectivity index is 2.71. The average Bonchev–Trinajstić information content (AvgIpc) is 2.50. The van der Waals surface area contributed by atoms with Crippen LogP contribution in [0.1, 0.15) is 25.0 Å². The van der Waals surface area contributed by atoms with Gasteiger partial charge in [0.1, 0.15) is 5.82 Å². The Kier molecular flexibility index (Phi) is 5.46. The highest BCUT2D eigenvalue weighted by Crippen LogP contribution is 2.35. The van der Waals surface area contributed by atoms with Gasteiger partial charge in [0.05, 0.1) is 17.1 Å². The quantitative estimate of drug-likeness (QED) is 0.800. The van der Waals surface area contributed by atoms with Crippen molar-refractivity contribution in [2.45, 2.75) is 24.3 Å². The Hall–Kier alpha value is -2.02. The molecule has 4 nitrogen and oxygen atoms in total. The molecule has 25 heavy (non-hydrogen) atoms. The van der Waals surface area contributed by atoms with Crippen LogP contribution in [-0.2, 0) is 9.84 Å².